The average molecular weight is 468 g/mol. The van der Waals surface area contributed by atoms with Crippen molar-refractivity contribution >= 4 is 38.8 Å². The van der Waals surface area contributed by atoms with E-state index in [0.717, 1.165) is 34.2 Å². The monoisotopic (exact) mass is 467 g/mol. The largest absolute Gasteiger partial charge is 0.352 e. The van der Waals surface area contributed by atoms with Crippen molar-refractivity contribution in [3.63, 3.8) is 0 Å². The van der Waals surface area contributed by atoms with E-state index in [1.165, 1.54) is 27.2 Å². The summed E-state index contributed by atoms with van der Waals surface area (Å²) in [6, 6.07) is 4.47. The Morgan fingerprint density at radius 3 is 2.85 bits per heavy atom. The molecule has 3 heterocycles. The van der Waals surface area contributed by atoms with E-state index in [1.807, 2.05) is 0 Å². The Balaban J connectivity index is 1.48. The molecule has 0 bridgehead atoms. The van der Waals surface area contributed by atoms with E-state index in [2.05, 4.69) is 36.2 Å². The Kier molecular flexibility index (Phi) is 5.12. The molecule has 0 saturated heterocycles. The number of aromatic nitrogens is 4. The van der Waals surface area contributed by atoms with Crippen molar-refractivity contribution in [1.29, 1.82) is 0 Å². The maximum Gasteiger partial charge on any atom is 0.352 e. The van der Waals surface area contributed by atoms with Crippen LogP contribution in [0.1, 0.15) is 43.2 Å². The summed E-state index contributed by atoms with van der Waals surface area (Å²) in [5, 5.41) is 8.05. The lowest BCUT2D eigenvalue weighted by Crippen LogP contribution is -2.28. The molecule has 0 aliphatic heterocycles. The number of amides is 1. The maximum atomic E-state index is 13.8. The van der Waals surface area contributed by atoms with Crippen molar-refractivity contribution in [2.45, 2.75) is 53.5 Å². The minimum Gasteiger partial charge on any atom is -0.324 e. The lowest BCUT2D eigenvalue weighted by molar-refractivity contribution is -0.117. The summed E-state index contributed by atoms with van der Waals surface area (Å²) in [6.07, 6.45) is 4.51. The van der Waals surface area contributed by atoms with E-state index in [1.54, 1.807) is 30.4 Å². The molecule has 0 unspecified atom stereocenters. The Hall–Kier alpha value is -3.07. The second-order valence-electron chi connectivity index (χ2n) is 9.88. The molecule has 172 valence electrons. The number of fused-ring (bicyclic) bond motifs is 5. The Labute approximate surface area is 194 Å². The molecule has 1 aromatic carbocycles. The number of nitrogens with one attached hydrogen (secondary N) is 1. The molecule has 7 nitrogen and oxygen atoms in total. The summed E-state index contributed by atoms with van der Waals surface area (Å²) in [5.41, 5.74) is 2.41. The predicted octanol–water partition coefficient (Wildman–Crippen LogP) is 4.34. The first-order chi connectivity index (χ1) is 15.6. The molecule has 1 amide bonds. The first-order valence-electron chi connectivity index (χ1n) is 11.1. The molecular formula is C24H26FN5O2S. The van der Waals surface area contributed by atoms with E-state index >= 15 is 0 Å². The molecule has 4 aromatic rings. The van der Waals surface area contributed by atoms with Crippen molar-refractivity contribution in [3.05, 3.63) is 56.8 Å². The number of halogens is 1. The van der Waals surface area contributed by atoms with E-state index in [4.69, 9.17) is 0 Å². The van der Waals surface area contributed by atoms with Crippen LogP contribution in [-0.2, 0) is 24.2 Å². The van der Waals surface area contributed by atoms with Gasteiger partial charge in [-0.3, -0.25) is 4.79 Å². The third-order valence-electron chi connectivity index (χ3n) is 6.60. The molecule has 9 heteroatoms. The Morgan fingerprint density at radius 2 is 2.12 bits per heavy atom. The van der Waals surface area contributed by atoms with Crippen LogP contribution in [0.25, 0.3) is 15.9 Å². The molecule has 0 radical (unpaired) electrons. The molecule has 1 N–H and O–H groups in total. The zero-order valence-corrected chi connectivity index (χ0v) is 19.9. The van der Waals surface area contributed by atoms with E-state index in [0.29, 0.717) is 22.8 Å². The topological polar surface area (TPSA) is 81.3 Å². The highest BCUT2D eigenvalue weighted by atomic mass is 32.1. The lowest BCUT2D eigenvalue weighted by atomic mass is 9.72. The van der Waals surface area contributed by atoms with Gasteiger partial charge in [0.1, 0.15) is 23.5 Å². The van der Waals surface area contributed by atoms with Gasteiger partial charge in [-0.05, 0) is 60.8 Å². The minimum absolute atomic E-state index is 0.239. The van der Waals surface area contributed by atoms with Crippen molar-refractivity contribution in [3.8, 4) is 0 Å². The number of carbonyl (C=O) groups excluding carboxylic acids is 1. The SMILES string of the molecule is Cc1ccc(NC(=O)Cn2nc3c4c5c(sc4ncn3c2=O)C[C@H](C(C)(C)C)CC5)cc1F. The highest BCUT2D eigenvalue weighted by molar-refractivity contribution is 7.19. The van der Waals surface area contributed by atoms with E-state index in [-0.39, 0.29) is 12.0 Å². The number of hydrogen-bond donors (Lipinski definition) is 1. The normalized spacial score (nSPS) is 16.3. The van der Waals surface area contributed by atoms with Crippen molar-refractivity contribution in [1.82, 2.24) is 19.2 Å². The van der Waals surface area contributed by atoms with Crippen LogP contribution < -0.4 is 11.0 Å². The number of rotatable bonds is 3. The number of hydrogen-bond acceptors (Lipinski definition) is 5. The third kappa shape index (κ3) is 3.84. The van der Waals surface area contributed by atoms with Crippen LogP contribution in [0.3, 0.4) is 0 Å². The van der Waals surface area contributed by atoms with Gasteiger partial charge in [0.15, 0.2) is 5.65 Å². The van der Waals surface area contributed by atoms with Crippen LogP contribution in [0.5, 0.6) is 0 Å². The van der Waals surface area contributed by atoms with Crippen LogP contribution in [-0.4, -0.2) is 25.1 Å². The summed E-state index contributed by atoms with van der Waals surface area (Å²) in [4.78, 5) is 32.2. The number of thiophene rings is 1. The van der Waals surface area contributed by atoms with Gasteiger partial charge in [0.2, 0.25) is 5.91 Å². The smallest absolute Gasteiger partial charge is 0.324 e. The lowest BCUT2D eigenvalue weighted by Gasteiger charge is -2.33. The number of carbonyl (C=O) groups is 1. The highest BCUT2D eigenvalue weighted by Crippen LogP contribution is 2.43. The van der Waals surface area contributed by atoms with Crippen LogP contribution in [0.2, 0.25) is 0 Å². The van der Waals surface area contributed by atoms with Crippen LogP contribution >= 0.6 is 11.3 Å². The molecule has 0 spiro atoms. The summed E-state index contributed by atoms with van der Waals surface area (Å²) in [5.74, 6) is -0.250. The summed E-state index contributed by atoms with van der Waals surface area (Å²) in [7, 11) is 0. The molecule has 0 fully saturated rings. The first-order valence-corrected chi connectivity index (χ1v) is 11.9. The second-order valence-corrected chi connectivity index (χ2v) is 11.0. The summed E-state index contributed by atoms with van der Waals surface area (Å²) < 4.78 is 16.3. The Morgan fingerprint density at radius 1 is 1.33 bits per heavy atom. The van der Waals surface area contributed by atoms with Gasteiger partial charge in [0.05, 0.1) is 5.39 Å². The molecule has 0 saturated carbocycles. The van der Waals surface area contributed by atoms with Crippen molar-refractivity contribution < 1.29 is 9.18 Å². The number of benzene rings is 1. The molecule has 1 aliphatic rings. The van der Waals surface area contributed by atoms with Crippen LogP contribution in [0, 0.1) is 24.1 Å². The van der Waals surface area contributed by atoms with Gasteiger partial charge in [-0.25, -0.2) is 23.3 Å². The van der Waals surface area contributed by atoms with Gasteiger partial charge >= 0.3 is 5.69 Å². The number of anilines is 1. The fourth-order valence-electron chi connectivity index (χ4n) is 4.55. The summed E-state index contributed by atoms with van der Waals surface area (Å²) in [6.45, 7) is 8.23. The van der Waals surface area contributed by atoms with Gasteiger partial charge < -0.3 is 5.32 Å². The van der Waals surface area contributed by atoms with E-state index < -0.39 is 17.4 Å². The average Bonchev–Trinajstić information content (AvgIpc) is 3.27. The van der Waals surface area contributed by atoms with Gasteiger partial charge in [-0.15, -0.1) is 16.4 Å². The quantitative estimate of drug-likeness (QED) is 0.486. The summed E-state index contributed by atoms with van der Waals surface area (Å²) >= 11 is 1.68. The first kappa shape index (κ1) is 21.8. The number of nitrogens with zero attached hydrogens (tertiary/aromatic N) is 4. The minimum atomic E-state index is -0.451. The Bertz CT molecular complexity index is 1460. The fraction of sp³-hybridized carbons (Fsp3) is 0.417. The zero-order chi connectivity index (χ0) is 23.5. The van der Waals surface area contributed by atoms with Gasteiger partial charge in [-0.1, -0.05) is 26.8 Å². The highest BCUT2D eigenvalue weighted by Gasteiger charge is 2.32. The maximum absolute atomic E-state index is 13.8. The van der Waals surface area contributed by atoms with Crippen LogP contribution in [0.4, 0.5) is 10.1 Å². The molecule has 3 aromatic heterocycles. The molecule has 1 atom stereocenters. The molecule has 33 heavy (non-hydrogen) atoms. The van der Waals surface area contributed by atoms with Crippen molar-refractivity contribution in [2.24, 2.45) is 11.3 Å². The predicted molar refractivity (Wildman–Crippen MR) is 127 cm³/mol. The fourth-order valence-corrected chi connectivity index (χ4v) is 5.81. The molecule has 5 rings (SSSR count). The zero-order valence-electron chi connectivity index (χ0n) is 19.1. The number of aryl methyl sites for hydroxylation is 2. The molecule has 1 aliphatic carbocycles. The van der Waals surface area contributed by atoms with Gasteiger partial charge in [0.25, 0.3) is 0 Å². The second kappa shape index (κ2) is 7.76. The molecular weight excluding hydrogens is 441 g/mol. The van der Waals surface area contributed by atoms with E-state index in [9.17, 15) is 14.0 Å². The van der Waals surface area contributed by atoms with Crippen LogP contribution in [0.15, 0.2) is 29.3 Å². The van der Waals surface area contributed by atoms with Gasteiger partial charge in [0, 0.05) is 10.6 Å². The third-order valence-corrected chi connectivity index (χ3v) is 7.77. The van der Waals surface area contributed by atoms with Crippen molar-refractivity contribution in [2.75, 3.05) is 5.32 Å². The standard InChI is InChI=1S/C24H26FN5O2S/c1-13-5-7-15(10-17(13)25)27-19(31)11-30-23(32)29-12-26-22-20(21(29)28-30)16-8-6-14(24(2,3)4)9-18(16)33-22/h5,7,10,12,14H,6,8-9,11H2,1-4H3,(H,27,31)/t14-/m1/s1. The van der Waals surface area contributed by atoms with Gasteiger partial charge in [-0.2, -0.15) is 0 Å².